The molecule has 0 unspecified atom stereocenters. The van der Waals surface area contributed by atoms with Gasteiger partial charge in [0.1, 0.15) is 29.2 Å². The smallest absolute Gasteiger partial charge is 0.295 e. The van der Waals surface area contributed by atoms with Gasteiger partial charge in [-0.25, -0.2) is 22.5 Å². The Labute approximate surface area is 284 Å². The molecule has 6 rings (SSSR count). The van der Waals surface area contributed by atoms with Gasteiger partial charge >= 0.3 is 0 Å². The number of nitrogens with two attached hydrogens (primary N) is 1. The molecule has 4 atom stereocenters. The number of likely N-dealkylation sites (tertiary alicyclic amines) is 1. The summed E-state index contributed by atoms with van der Waals surface area (Å²) in [7, 11) is 0. The van der Waals surface area contributed by atoms with Crippen LogP contribution in [0.15, 0.2) is 78.0 Å². The zero-order valence-corrected chi connectivity index (χ0v) is 27.0. The SMILES string of the molecule is Cc1ccnnc1C#C[C@@]1(F)CC[C@@H](C(=O)N2CC[C@](O)(Cn3cnc(Oc4ccc(F)cc4)c(N)c3=O)C(F)(F)C2)[C@H](c2ccccc2)C1. The molecule has 1 saturated carbocycles. The first kappa shape index (κ1) is 34.6. The van der Waals surface area contributed by atoms with Gasteiger partial charge in [-0.2, -0.15) is 5.10 Å². The molecule has 3 heterocycles. The minimum atomic E-state index is -3.85. The molecule has 1 aliphatic carbocycles. The molecule has 1 saturated heterocycles. The second kappa shape index (κ2) is 13.5. The predicted octanol–water partition coefficient (Wildman–Crippen LogP) is 4.80. The maximum atomic E-state index is 16.3. The fraction of sp³-hybridized carbons (Fsp3) is 0.361. The summed E-state index contributed by atoms with van der Waals surface area (Å²) in [6.07, 6.45) is 1.70. The Morgan fingerprint density at radius 3 is 2.54 bits per heavy atom. The van der Waals surface area contributed by atoms with Crippen molar-refractivity contribution >= 4 is 11.6 Å². The molecule has 2 aromatic carbocycles. The van der Waals surface area contributed by atoms with Crippen LogP contribution in [0.4, 0.5) is 23.2 Å². The van der Waals surface area contributed by atoms with E-state index < -0.39 is 71.5 Å². The largest absolute Gasteiger partial charge is 0.437 e. The summed E-state index contributed by atoms with van der Waals surface area (Å²) in [6, 6.07) is 15.4. The number of benzene rings is 2. The lowest BCUT2D eigenvalue weighted by molar-refractivity contribution is -0.223. The molecule has 260 valence electrons. The van der Waals surface area contributed by atoms with Crippen molar-refractivity contribution in [1.29, 1.82) is 0 Å². The Hall–Kier alpha value is -5.29. The first-order chi connectivity index (χ1) is 23.8. The highest BCUT2D eigenvalue weighted by Gasteiger charge is 2.58. The number of amides is 1. The van der Waals surface area contributed by atoms with Gasteiger partial charge in [0.05, 0.1) is 13.1 Å². The van der Waals surface area contributed by atoms with E-state index in [4.69, 9.17) is 10.5 Å². The van der Waals surface area contributed by atoms with Crippen LogP contribution in [0.3, 0.4) is 0 Å². The third-order valence-corrected chi connectivity index (χ3v) is 9.43. The van der Waals surface area contributed by atoms with E-state index in [1.165, 1.54) is 18.3 Å². The van der Waals surface area contributed by atoms with E-state index in [2.05, 4.69) is 27.0 Å². The summed E-state index contributed by atoms with van der Waals surface area (Å²) in [5, 5.41) is 19.0. The number of carbonyl (C=O) groups excluding carboxylic acids is 1. The van der Waals surface area contributed by atoms with Crippen LogP contribution in [0.25, 0.3) is 0 Å². The van der Waals surface area contributed by atoms with Crippen LogP contribution < -0.4 is 16.0 Å². The van der Waals surface area contributed by atoms with Crippen molar-refractivity contribution in [3.05, 3.63) is 106 Å². The highest BCUT2D eigenvalue weighted by Crippen LogP contribution is 2.46. The molecule has 14 heteroatoms. The second-order valence-electron chi connectivity index (χ2n) is 12.8. The van der Waals surface area contributed by atoms with Gasteiger partial charge in [-0.15, -0.1) is 5.10 Å². The molecule has 50 heavy (non-hydrogen) atoms. The van der Waals surface area contributed by atoms with Gasteiger partial charge in [-0.05, 0) is 73.1 Å². The van der Waals surface area contributed by atoms with Crippen molar-refractivity contribution in [2.75, 3.05) is 18.8 Å². The third kappa shape index (κ3) is 7.04. The number of aliphatic hydroxyl groups is 1. The van der Waals surface area contributed by atoms with E-state index in [1.54, 1.807) is 43.3 Å². The number of carbonyl (C=O) groups is 1. The number of hydrogen-bond acceptors (Lipinski definition) is 8. The van der Waals surface area contributed by atoms with E-state index in [0.29, 0.717) is 11.3 Å². The zero-order valence-electron chi connectivity index (χ0n) is 27.0. The fourth-order valence-electron chi connectivity index (χ4n) is 6.49. The molecule has 4 aromatic rings. The standard InChI is InChI=1S/C36H34F4N6O4/c1-23-13-17-43-44-29(23)12-15-34(38)14-11-27(28(19-34)24-5-3-2-4-6-24)32(47)45-18-16-35(49,36(39,40)21-45)20-46-22-42-31(30(41)33(46)48)50-26-9-7-25(37)8-10-26/h2-10,13,17,22,27-28,49H,11,14,16,18-21,41H2,1H3/t27-,28+,34+,35+/m1/s1. The molecule has 10 nitrogen and oxygen atoms in total. The Kier molecular flexibility index (Phi) is 9.37. The van der Waals surface area contributed by atoms with Crippen LogP contribution >= 0.6 is 0 Å². The number of aromatic nitrogens is 4. The van der Waals surface area contributed by atoms with Crippen molar-refractivity contribution in [1.82, 2.24) is 24.6 Å². The van der Waals surface area contributed by atoms with Gasteiger partial charge in [0.15, 0.2) is 11.4 Å². The Morgan fingerprint density at radius 1 is 1.10 bits per heavy atom. The summed E-state index contributed by atoms with van der Waals surface area (Å²) in [5.74, 6) is -1.09. The number of alkyl halides is 3. The third-order valence-electron chi connectivity index (χ3n) is 9.43. The monoisotopic (exact) mass is 690 g/mol. The Morgan fingerprint density at radius 2 is 1.84 bits per heavy atom. The van der Waals surface area contributed by atoms with Gasteiger partial charge < -0.3 is 20.5 Å². The van der Waals surface area contributed by atoms with E-state index >= 15 is 13.2 Å². The van der Waals surface area contributed by atoms with Crippen molar-refractivity contribution in [3.8, 4) is 23.5 Å². The molecule has 0 spiro atoms. The molecule has 0 bridgehead atoms. The second-order valence-corrected chi connectivity index (χ2v) is 12.8. The molecule has 1 aliphatic heterocycles. The minimum absolute atomic E-state index is 0.0576. The van der Waals surface area contributed by atoms with Crippen LogP contribution in [0.2, 0.25) is 0 Å². The van der Waals surface area contributed by atoms with Gasteiger partial charge in [-0.1, -0.05) is 36.3 Å². The molecule has 3 N–H and O–H groups in total. The number of nitrogen functional groups attached to an aromatic ring is 1. The lowest BCUT2D eigenvalue weighted by atomic mass is 9.69. The van der Waals surface area contributed by atoms with Crippen molar-refractivity contribution < 1.29 is 32.2 Å². The maximum Gasteiger partial charge on any atom is 0.295 e. The Bertz CT molecular complexity index is 2000. The molecule has 2 aliphatic rings. The lowest BCUT2D eigenvalue weighted by Gasteiger charge is -2.46. The van der Waals surface area contributed by atoms with Crippen molar-refractivity contribution in [3.63, 3.8) is 0 Å². The summed E-state index contributed by atoms with van der Waals surface area (Å²) >= 11 is 0. The lowest BCUT2D eigenvalue weighted by Crippen LogP contribution is -2.64. The van der Waals surface area contributed by atoms with Crippen molar-refractivity contribution in [2.45, 2.75) is 62.3 Å². The molecule has 1 amide bonds. The van der Waals surface area contributed by atoms with Crippen molar-refractivity contribution in [2.24, 2.45) is 5.92 Å². The van der Waals surface area contributed by atoms with Gasteiger partial charge in [-0.3, -0.25) is 14.2 Å². The zero-order chi connectivity index (χ0) is 35.7. The van der Waals surface area contributed by atoms with Crippen LogP contribution in [-0.2, 0) is 11.3 Å². The average molecular weight is 691 g/mol. The number of aryl methyl sites for hydroxylation is 1. The summed E-state index contributed by atoms with van der Waals surface area (Å²) in [6.45, 7) is -0.427. The minimum Gasteiger partial charge on any atom is -0.437 e. The number of piperidine rings is 1. The van der Waals surface area contributed by atoms with Crippen LogP contribution in [0.1, 0.15) is 48.4 Å². The fourth-order valence-corrected chi connectivity index (χ4v) is 6.49. The normalized spacial score (nSPS) is 24.6. The van der Waals surface area contributed by atoms with Crippen LogP contribution in [0, 0.1) is 30.5 Å². The first-order valence-corrected chi connectivity index (χ1v) is 16.0. The number of rotatable bonds is 6. The molecular weight excluding hydrogens is 656 g/mol. The quantitative estimate of drug-likeness (QED) is 0.218. The van der Waals surface area contributed by atoms with Crippen LogP contribution in [-0.4, -0.2) is 65.9 Å². The Balaban J connectivity index is 1.18. The summed E-state index contributed by atoms with van der Waals surface area (Å²) in [4.78, 5) is 31.9. The van der Waals surface area contributed by atoms with Crippen LogP contribution in [0.5, 0.6) is 11.6 Å². The number of hydrogen-bond donors (Lipinski definition) is 2. The van der Waals surface area contributed by atoms with Gasteiger partial charge in [0.2, 0.25) is 11.8 Å². The number of halogens is 4. The molecule has 0 radical (unpaired) electrons. The number of ether oxygens (including phenoxy) is 1. The van der Waals surface area contributed by atoms with E-state index in [-0.39, 0.29) is 37.4 Å². The summed E-state index contributed by atoms with van der Waals surface area (Å²) < 4.78 is 67.4. The first-order valence-electron chi connectivity index (χ1n) is 16.0. The molecule has 2 fully saturated rings. The predicted molar refractivity (Wildman–Crippen MR) is 174 cm³/mol. The van der Waals surface area contributed by atoms with E-state index in [0.717, 1.165) is 33.5 Å². The summed E-state index contributed by atoms with van der Waals surface area (Å²) in [5.41, 5.74) is 1.54. The van der Waals surface area contributed by atoms with E-state index in [1.807, 2.05) is 0 Å². The van der Waals surface area contributed by atoms with Gasteiger partial charge in [0, 0.05) is 31.5 Å². The number of anilines is 1. The number of nitrogens with zero attached hydrogens (tertiary/aromatic N) is 5. The topological polar surface area (TPSA) is 136 Å². The molecule has 2 aromatic heterocycles. The highest BCUT2D eigenvalue weighted by atomic mass is 19.3. The average Bonchev–Trinajstić information content (AvgIpc) is 3.10. The van der Waals surface area contributed by atoms with E-state index in [9.17, 15) is 19.1 Å². The highest BCUT2D eigenvalue weighted by molar-refractivity contribution is 5.80. The molecular formula is C36H34F4N6O4. The maximum absolute atomic E-state index is 16.3. The van der Waals surface area contributed by atoms with Gasteiger partial charge in [0.25, 0.3) is 11.5 Å².